The molecule has 5 heteroatoms. The molecule has 0 heterocycles. The van der Waals surface area contributed by atoms with Gasteiger partial charge in [-0.2, -0.15) is 0 Å². The van der Waals surface area contributed by atoms with Crippen LogP contribution in [0.3, 0.4) is 0 Å². The summed E-state index contributed by atoms with van der Waals surface area (Å²) < 4.78 is 18.5. The zero-order valence-electron chi connectivity index (χ0n) is 14.8. The summed E-state index contributed by atoms with van der Waals surface area (Å²) in [5, 5.41) is 3.67. The first kappa shape index (κ1) is 19.1. The van der Waals surface area contributed by atoms with Gasteiger partial charge in [0.05, 0.1) is 6.17 Å². The van der Waals surface area contributed by atoms with Crippen LogP contribution in [0.25, 0.3) is 0 Å². The molecular formula is C16H35NO3Si. The monoisotopic (exact) mass is 317 g/mol. The topological polar surface area (TPSA) is 39.7 Å². The van der Waals surface area contributed by atoms with Crippen LogP contribution in [-0.2, 0) is 13.3 Å². The van der Waals surface area contributed by atoms with E-state index in [0.717, 1.165) is 0 Å². The molecule has 4 nitrogen and oxygen atoms in total. The number of hydrogen-bond donors (Lipinski definition) is 1. The molecule has 1 fully saturated rings. The van der Waals surface area contributed by atoms with Crippen LogP contribution in [0, 0.1) is 0 Å². The van der Waals surface area contributed by atoms with E-state index in [4.69, 9.17) is 13.3 Å². The molecule has 0 atom stereocenters. The molecule has 0 aromatic heterocycles. The van der Waals surface area contributed by atoms with Gasteiger partial charge in [0.2, 0.25) is 0 Å². The van der Waals surface area contributed by atoms with Gasteiger partial charge in [0, 0.05) is 24.4 Å². The smallest absolute Gasteiger partial charge is 0.370 e. The summed E-state index contributed by atoms with van der Waals surface area (Å²) in [6.45, 7) is 12.3. The van der Waals surface area contributed by atoms with Crippen molar-refractivity contribution in [3.63, 3.8) is 0 Å². The van der Waals surface area contributed by atoms with E-state index in [1.807, 2.05) is 0 Å². The van der Waals surface area contributed by atoms with Crippen LogP contribution in [0.4, 0.5) is 0 Å². The summed E-state index contributed by atoms with van der Waals surface area (Å²) in [6.07, 6.45) is 7.60. The van der Waals surface area contributed by atoms with E-state index in [1.165, 1.54) is 32.1 Å². The number of rotatable bonds is 9. The number of nitrogens with one attached hydrogen (secondary N) is 1. The molecule has 0 aromatic rings. The molecule has 1 aliphatic rings. The van der Waals surface area contributed by atoms with Gasteiger partial charge in [0.15, 0.2) is 0 Å². The quantitative estimate of drug-likeness (QED) is 0.659. The molecule has 0 saturated heterocycles. The standard InChI is InChI=1S/C16H35NO3Si/c1-13(2)18-21(19-14(3)4,20-15(5)6)12-17-16-10-8-7-9-11-16/h13-17H,7-12H2,1-6H3. The highest BCUT2D eigenvalue weighted by atomic mass is 28.4. The van der Waals surface area contributed by atoms with Crippen LogP contribution < -0.4 is 5.32 Å². The van der Waals surface area contributed by atoms with Crippen LogP contribution in [0.15, 0.2) is 0 Å². The molecule has 1 aliphatic carbocycles. The van der Waals surface area contributed by atoms with E-state index >= 15 is 0 Å². The van der Waals surface area contributed by atoms with E-state index in [-0.39, 0.29) is 18.3 Å². The Balaban J connectivity index is 2.70. The van der Waals surface area contributed by atoms with Gasteiger partial charge in [-0.25, -0.2) is 0 Å². The zero-order chi connectivity index (χ0) is 15.9. The van der Waals surface area contributed by atoms with Gasteiger partial charge < -0.3 is 18.6 Å². The van der Waals surface area contributed by atoms with Crippen molar-refractivity contribution in [3.8, 4) is 0 Å². The maximum atomic E-state index is 6.18. The molecule has 1 rings (SSSR count). The molecule has 0 radical (unpaired) electrons. The Morgan fingerprint density at radius 3 is 1.62 bits per heavy atom. The van der Waals surface area contributed by atoms with E-state index in [0.29, 0.717) is 12.2 Å². The molecule has 21 heavy (non-hydrogen) atoms. The van der Waals surface area contributed by atoms with Crippen molar-refractivity contribution < 1.29 is 13.3 Å². The lowest BCUT2D eigenvalue weighted by molar-refractivity contribution is 0.00160. The third-order valence-corrected chi connectivity index (χ3v) is 6.59. The Hall–Kier alpha value is 0.0569. The van der Waals surface area contributed by atoms with Gasteiger partial charge in [0.1, 0.15) is 0 Å². The molecule has 1 saturated carbocycles. The lowest BCUT2D eigenvalue weighted by Gasteiger charge is -2.36. The predicted octanol–water partition coefficient (Wildman–Crippen LogP) is 3.66. The van der Waals surface area contributed by atoms with Crippen LogP contribution in [0.2, 0.25) is 0 Å². The Labute approximate surface area is 132 Å². The van der Waals surface area contributed by atoms with Gasteiger partial charge >= 0.3 is 8.80 Å². The normalized spacial score (nSPS) is 18.1. The Morgan fingerprint density at radius 2 is 1.24 bits per heavy atom. The van der Waals surface area contributed by atoms with Crippen LogP contribution in [0.5, 0.6) is 0 Å². The fourth-order valence-electron chi connectivity index (χ4n) is 2.86. The molecule has 0 amide bonds. The minimum Gasteiger partial charge on any atom is -0.370 e. The van der Waals surface area contributed by atoms with Gasteiger partial charge in [-0.15, -0.1) is 0 Å². The molecule has 1 N–H and O–H groups in total. The van der Waals surface area contributed by atoms with E-state index in [1.54, 1.807) is 0 Å². The summed E-state index contributed by atoms with van der Waals surface area (Å²) in [5.41, 5.74) is 0. The van der Waals surface area contributed by atoms with Crippen LogP contribution in [-0.4, -0.2) is 39.3 Å². The minimum atomic E-state index is -2.68. The highest BCUT2D eigenvalue weighted by Gasteiger charge is 2.44. The summed E-state index contributed by atoms with van der Waals surface area (Å²) in [7, 11) is -2.68. The minimum absolute atomic E-state index is 0.113. The highest BCUT2D eigenvalue weighted by Crippen LogP contribution is 2.20. The average Bonchev–Trinajstić information content (AvgIpc) is 2.35. The third kappa shape index (κ3) is 7.75. The SMILES string of the molecule is CC(C)O[Si](CNC1CCCCC1)(OC(C)C)OC(C)C. The van der Waals surface area contributed by atoms with Crippen LogP contribution in [0.1, 0.15) is 73.6 Å². The average molecular weight is 318 g/mol. The first-order valence-corrected chi connectivity index (χ1v) is 10.5. The Kier molecular flexibility index (Phi) is 8.42. The molecule has 0 aliphatic heterocycles. The van der Waals surface area contributed by atoms with E-state index in [9.17, 15) is 0 Å². The molecule has 0 spiro atoms. The lowest BCUT2D eigenvalue weighted by atomic mass is 9.96. The van der Waals surface area contributed by atoms with Crippen LogP contribution >= 0.6 is 0 Å². The van der Waals surface area contributed by atoms with Crippen molar-refractivity contribution in [2.75, 3.05) is 6.17 Å². The second-order valence-electron chi connectivity index (χ2n) is 6.90. The first-order valence-electron chi connectivity index (χ1n) is 8.60. The predicted molar refractivity (Wildman–Crippen MR) is 89.3 cm³/mol. The summed E-state index contributed by atoms with van der Waals surface area (Å²) in [4.78, 5) is 0. The zero-order valence-corrected chi connectivity index (χ0v) is 15.8. The summed E-state index contributed by atoms with van der Waals surface area (Å²) in [6, 6.07) is 0.591. The Morgan fingerprint density at radius 1 is 0.810 bits per heavy atom. The van der Waals surface area contributed by atoms with E-state index < -0.39 is 8.80 Å². The highest BCUT2D eigenvalue weighted by molar-refractivity contribution is 6.61. The van der Waals surface area contributed by atoms with Crippen molar-refractivity contribution in [2.45, 2.75) is 98.0 Å². The largest absolute Gasteiger partial charge is 0.516 e. The second-order valence-corrected chi connectivity index (χ2v) is 9.33. The molecular weight excluding hydrogens is 282 g/mol. The van der Waals surface area contributed by atoms with Gasteiger partial charge in [0.25, 0.3) is 0 Å². The molecule has 126 valence electrons. The van der Waals surface area contributed by atoms with Gasteiger partial charge in [-0.3, -0.25) is 0 Å². The van der Waals surface area contributed by atoms with Gasteiger partial charge in [-0.1, -0.05) is 19.3 Å². The fraction of sp³-hybridized carbons (Fsp3) is 1.00. The summed E-state index contributed by atoms with van der Waals surface area (Å²) >= 11 is 0. The first-order chi connectivity index (χ1) is 9.83. The maximum Gasteiger partial charge on any atom is 0.516 e. The second kappa shape index (κ2) is 9.25. The number of hydrogen-bond acceptors (Lipinski definition) is 4. The summed E-state index contributed by atoms with van der Waals surface area (Å²) in [5.74, 6) is 0. The third-order valence-electron chi connectivity index (χ3n) is 3.46. The lowest BCUT2D eigenvalue weighted by Crippen LogP contribution is -2.59. The maximum absolute atomic E-state index is 6.18. The van der Waals surface area contributed by atoms with E-state index in [2.05, 4.69) is 46.9 Å². The Bertz CT molecular complexity index is 252. The van der Waals surface area contributed by atoms with Crippen molar-refractivity contribution in [1.82, 2.24) is 5.32 Å². The molecule has 0 unspecified atom stereocenters. The van der Waals surface area contributed by atoms with Crippen molar-refractivity contribution >= 4 is 8.80 Å². The molecule has 0 bridgehead atoms. The van der Waals surface area contributed by atoms with Crippen molar-refractivity contribution in [3.05, 3.63) is 0 Å². The van der Waals surface area contributed by atoms with Gasteiger partial charge in [-0.05, 0) is 54.4 Å². The van der Waals surface area contributed by atoms with Crippen molar-refractivity contribution in [1.29, 1.82) is 0 Å². The fourth-order valence-corrected chi connectivity index (χ4v) is 5.97. The van der Waals surface area contributed by atoms with Crippen molar-refractivity contribution in [2.24, 2.45) is 0 Å². The molecule has 0 aromatic carbocycles.